The van der Waals surface area contributed by atoms with Gasteiger partial charge in [-0.3, -0.25) is 9.59 Å². The summed E-state index contributed by atoms with van der Waals surface area (Å²) < 4.78 is 12.2. The van der Waals surface area contributed by atoms with Crippen molar-refractivity contribution in [1.82, 2.24) is 0 Å². The average Bonchev–Trinajstić information content (AvgIpc) is 3.03. The molecule has 5 aliphatic carbocycles. The van der Waals surface area contributed by atoms with Gasteiger partial charge in [0.05, 0.1) is 5.41 Å². The Morgan fingerprint density at radius 1 is 0.806 bits per heavy atom. The van der Waals surface area contributed by atoms with Crippen LogP contribution in [0.25, 0.3) is 0 Å². The van der Waals surface area contributed by atoms with Crippen LogP contribution in [0.1, 0.15) is 120 Å². The van der Waals surface area contributed by atoms with Crippen LogP contribution in [0.4, 0.5) is 0 Å². The molecular weight excluding hydrogens is 448 g/mol. The van der Waals surface area contributed by atoms with Gasteiger partial charge < -0.3 is 9.47 Å². The Labute approximate surface area is 219 Å². The van der Waals surface area contributed by atoms with Gasteiger partial charge in [-0.15, -0.1) is 0 Å². The van der Waals surface area contributed by atoms with E-state index in [9.17, 15) is 9.59 Å². The minimum absolute atomic E-state index is 0.00113. The first-order chi connectivity index (χ1) is 16.6. The van der Waals surface area contributed by atoms with Crippen LogP contribution in [0.2, 0.25) is 0 Å². The normalized spacial score (nSPS) is 54.3. The van der Waals surface area contributed by atoms with E-state index in [1.54, 1.807) is 6.92 Å². The van der Waals surface area contributed by atoms with E-state index in [0.717, 1.165) is 32.1 Å². The highest BCUT2D eigenvalue weighted by Crippen LogP contribution is 2.78. The number of ether oxygens (including phenoxy) is 2. The number of rotatable bonds is 1. The van der Waals surface area contributed by atoms with Crippen LogP contribution in [0.5, 0.6) is 0 Å². The molecule has 0 radical (unpaired) electrons. The fourth-order valence-corrected chi connectivity index (χ4v) is 12.2. The zero-order valence-electron chi connectivity index (χ0n) is 24.2. The Bertz CT molecular complexity index is 983. The number of carbonyl (C=O) groups excluding carboxylic acids is 2. The molecule has 1 saturated heterocycles. The predicted octanol–water partition coefficient (Wildman–Crippen LogP) is 7.34. The van der Waals surface area contributed by atoms with Crippen LogP contribution in [0, 0.1) is 56.2 Å². The Morgan fingerprint density at radius 2 is 1.50 bits per heavy atom. The summed E-state index contributed by atoms with van der Waals surface area (Å²) in [5, 5.41) is 0. The molecule has 36 heavy (non-hydrogen) atoms. The van der Waals surface area contributed by atoms with Crippen LogP contribution in [-0.2, 0) is 19.1 Å². The lowest BCUT2D eigenvalue weighted by molar-refractivity contribution is -0.254. The number of hydrogen-bond acceptors (Lipinski definition) is 4. The maximum Gasteiger partial charge on any atom is 0.312 e. The van der Waals surface area contributed by atoms with E-state index in [4.69, 9.17) is 9.47 Å². The smallest absolute Gasteiger partial charge is 0.312 e. The lowest BCUT2D eigenvalue weighted by Crippen LogP contribution is -2.68. The monoisotopic (exact) mass is 498 g/mol. The largest absolute Gasteiger partial charge is 0.462 e. The zero-order valence-corrected chi connectivity index (χ0v) is 24.2. The topological polar surface area (TPSA) is 52.6 Å². The Kier molecular flexibility index (Phi) is 5.13. The van der Waals surface area contributed by atoms with Crippen LogP contribution < -0.4 is 0 Å². The van der Waals surface area contributed by atoms with Crippen molar-refractivity contribution in [3.05, 3.63) is 0 Å². The van der Waals surface area contributed by atoms with Gasteiger partial charge in [0.25, 0.3) is 0 Å². The van der Waals surface area contributed by atoms with E-state index in [1.807, 2.05) is 0 Å². The lowest BCUT2D eigenvalue weighted by Gasteiger charge is -2.73. The van der Waals surface area contributed by atoms with Crippen molar-refractivity contribution in [2.24, 2.45) is 56.2 Å². The maximum absolute atomic E-state index is 13.4. The second kappa shape index (κ2) is 7.32. The van der Waals surface area contributed by atoms with Crippen molar-refractivity contribution in [1.29, 1.82) is 0 Å². The molecule has 0 aromatic rings. The van der Waals surface area contributed by atoms with Crippen LogP contribution in [0.3, 0.4) is 0 Å². The maximum atomic E-state index is 13.4. The summed E-state index contributed by atoms with van der Waals surface area (Å²) in [5.41, 5.74) is 0.665. The molecule has 10 atom stereocenters. The summed E-state index contributed by atoms with van der Waals surface area (Å²) in [6.45, 7) is 18.9. The molecule has 202 valence electrons. The fraction of sp³-hybridized carbons (Fsp3) is 0.938. The first-order valence-electron chi connectivity index (χ1n) is 15.0. The van der Waals surface area contributed by atoms with E-state index >= 15 is 0 Å². The van der Waals surface area contributed by atoms with Gasteiger partial charge in [-0.05, 0) is 98.2 Å². The summed E-state index contributed by atoms with van der Waals surface area (Å²) in [5.74, 6) is 2.23. The predicted molar refractivity (Wildman–Crippen MR) is 140 cm³/mol. The molecule has 6 fully saturated rings. The minimum atomic E-state index is -0.210. The van der Waals surface area contributed by atoms with Crippen LogP contribution in [-0.4, -0.2) is 24.1 Å². The van der Waals surface area contributed by atoms with Gasteiger partial charge in [-0.2, -0.15) is 0 Å². The summed E-state index contributed by atoms with van der Waals surface area (Å²) in [7, 11) is 0. The summed E-state index contributed by atoms with van der Waals surface area (Å²) in [6, 6.07) is 0. The average molecular weight is 499 g/mol. The van der Waals surface area contributed by atoms with E-state index in [1.165, 1.54) is 32.1 Å². The van der Waals surface area contributed by atoms with Crippen LogP contribution >= 0.6 is 0 Å². The second-order valence-electron chi connectivity index (χ2n) is 16.1. The molecule has 0 aromatic heterocycles. The zero-order chi connectivity index (χ0) is 26.1. The molecule has 5 saturated carbocycles. The van der Waals surface area contributed by atoms with Crippen molar-refractivity contribution >= 4 is 11.9 Å². The number of carbonyl (C=O) groups is 2. The molecule has 0 unspecified atom stereocenters. The standard InChI is InChI=1S/C32H50O4/c1-19(33)35-23-12-13-29(6)21(28(23,4)5)11-14-31(8)22(29)10-9-20-24-25-27(2,3)15-17-32(24,26(34)36-25)18-16-30(20,31)7/h20-25H,9-18H2,1-8H3/t20-,21+,22-,23-,24+,25+,29+,30-,31-,32+/m1/s1. The summed E-state index contributed by atoms with van der Waals surface area (Å²) in [6.07, 6.45) is 11.6. The number of fused-ring (bicyclic) bond motifs is 5. The highest BCUT2D eigenvalue weighted by Gasteiger charge is 2.75. The number of hydrogen-bond donors (Lipinski definition) is 0. The molecular formula is C32H50O4. The first kappa shape index (κ1) is 25.2. The fourth-order valence-electron chi connectivity index (χ4n) is 12.2. The number of esters is 2. The van der Waals surface area contributed by atoms with Crippen molar-refractivity contribution < 1.29 is 19.1 Å². The van der Waals surface area contributed by atoms with Crippen molar-refractivity contribution in [2.45, 2.75) is 132 Å². The molecule has 6 rings (SSSR count). The van der Waals surface area contributed by atoms with Gasteiger partial charge in [-0.25, -0.2) is 0 Å². The van der Waals surface area contributed by atoms with E-state index < -0.39 is 0 Å². The molecule has 1 aliphatic heterocycles. The summed E-state index contributed by atoms with van der Waals surface area (Å²) >= 11 is 0. The lowest BCUT2D eigenvalue weighted by atomic mass is 9.31. The second-order valence-corrected chi connectivity index (χ2v) is 16.1. The third kappa shape index (κ3) is 2.83. The molecule has 0 aromatic carbocycles. The summed E-state index contributed by atoms with van der Waals surface area (Å²) in [4.78, 5) is 25.3. The van der Waals surface area contributed by atoms with Gasteiger partial charge in [0.2, 0.25) is 0 Å². The van der Waals surface area contributed by atoms with E-state index in [0.29, 0.717) is 23.7 Å². The van der Waals surface area contributed by atoms with Gasteiger partial charge in [0.1, 0.15) is 12.2 Å². The highest BCUT2D eigenvalue weighted by atomic mass is 16.6. The van der Waals surface area contributed by atoms with Gasteiger partial charge >= 0.3 is 11.9 Å². The molecule has 4 nitrogen and oxygen atoms in total. The first-order valence-corrected chi connectivity index (χ1v) is 15.0. The van der Waals surface area contributed by atoms with E-state index in [-0.39, 0.29) is 56.6 Å². The SMILES string of the molecule is CC(=O)O[C@@H]1CC[C@]2(C)[C@H]3CC[C@@H]4[C@H]5[C@@H]6OC(=O)[C@@]5(CCC6(C)C)CC[C@@]4(C)[C@]3(C)CC[C@H]2C1(C)C. The third-order valence-corrected chi connectivity index (χ3v) is 14.3. The Hall–Kier alpha value is -1.06. The van der Waals surface area contributed by atoms with Crippen molar-refractivity contribution in [3.63, 3.8) is 0 Å². The van der Waals surface area contributed by atoms with Gasteiger partial charge in [-0.1, -0.05) is 48.5 Å². The van der Waals surface area contributed by atoms with Gasteiger partial charge in [0, 0.05) is 23.7 Å². The van der Waals surface area contributed by atoms with Gasteiger partial charge in [0.15, 0.2) is 0 Å². The third-order valence-electron chi connectivity index (χ3n) is 14.3. The minimum Gasteiger partial charge on any atom is -0.462 e. The molecule has 6 aliphatic rings. The van der Waals surface area contributed by atoms with Crippen molar-refractivity contribution in [3.8, 4) is 0 Å². The molecule has 4 heteroatoms. The quantitative estimate of drug-likeness (QED) is 0.355. The van der Waals surface area contributed by atoms with Crippen molar-refractivity contribution in [2.75, 3.05) is 0 Å². The van der Waals surface area contributed by atoms with Crippen LogP contribution in [0.15, 0.2) is 0 Å². The molecule has 1 heterocycles. The molecule has 0 amide bonds. The van der Waals surface area contributed by atoms with E-state index in [2.05, 4.69) is 48.5 Å². The highest BCUT2D eigenvalue weighted by molar-refractivity contribution is 5.81. The molecule has 2 bridgehead atoms. The Morgan fingerprint density at radius 3 is 2.19 bits per heavy atom. The molecule has 0 spiro atoms. The molecule has 0 N–H and O–H groups in total. The Balaban J connectivity index is 1.36.